The van der Waals surface area contributed by atoms with Crippen molar-refractivity contribution in [3.05, 3.63) is 0 Å². The van der Waals surface area contributed by atoms with Gasteiger partial charge in [0.1, 0.15) is 36.3 Å². The lowest BCUT2D eigenvalue weighted by Crippen LogP contribution is -2.62. The average Bonchev–Trinajstić information content (AvgIpc) is 3.48. The molecular formula is C29H46N8O13. The number of aliphatic hydroxyl groups excluding tert-OH is 1. The Labute approximate surface area is 286 Å². The van der Waals surface area contributed by atoms with Gasteiger partial charge < -0.3 is 58.3 Å². The SMILES string of the molecule is CC(=O)N[C@@H](CC(=O)O)C(=O)N[C@H](C(=O)N[C@@H](CC(N)=O)C(=O)N[C@H](C(=O)N1CCC[C@H]1C(=O)N[C@@H](CCC(N)=O)C(=O)O)[C@@H](C)O)C(C)C. The van der Waals surface area contributed by atoms with Crippen molar-refractivity contribution in [2.45, 2.75) is 109 Å². The third-order valence-corrected chi connectivity index (χ3v) is 7.54. The van der Waals surface area contributed by atoms with E-state index in [1.54, 1.807) is 0 Å². The molecule has 0 unspecified atom stereocenters. The maximum absolute atomic E-state index is 13.6. The minimum atomic E-state index is -1.75. The molecule has 21 nitrogen and oxygen atoms in total. The van der Waals surface area contributed by atoms with Gasteiger partial charge in [0, 0.05) is 19.9 Å². The van der Waals surface area contributed by atoms with Gasteiger partial charge in [-0.05, 0) is 32.1 Å². The Hall–Kier alpha value is -5.34. The molecular weight excluding hydrogens is 668 g/mol. The summed E-state index contributed by atoms with van der Waals surface area (Å²) in [5, 5.41) is 40.2. The minimum absolute atomic E-state index is 0.0202. The summed E-state index contributed by atoms with van der Waals surface area (Å²) < 4.78 is 0. The predicted molar refractivity (Wildman–Crippen MR) is 169 cm³/mol. The highest BCUT2D eigenvalue weighted by atomic mass is 16.4. The van der Waals surface area contributed by atoms with Crippen molar-refractivity contribution < 1.29 is 63.3 Å². The summed E-state index contributed by atoms with van der Waals surface area (Å²) in [5.74, 6) is -11.2. The number of aliphatic carboxylic acids is 2. The minimum Gasteiger partial charge on any atom is -0.481 e. The quantitative estimate of drug-likeness (QED) is 0.0566. The molecule has 7 atom stereocenters. The van der Waals surface area contributed by atoms with E-state index >= 15 is 0 Å². The lowest BCUT2D eigenvalue weighted by molar-refractivity contribution is -0.146. The standard InChI is InChI=1S/C29H46N8O13/c1-12(2)22(35-25(45)17(11-21(42)43)32-14(4)39)27(47)34-16(10-20(31)41)24(44)36-23(13(3)38)28(48)37-9-5-6-18(37)26(46)33-15(29(49)50)7-8-19(30)40/h12-13,15-18,22-23,38H,5-11H2,1-4H3,(H2,30,40)(H2,31,41)(H,32,39)(H,33,46)(H,34,47)(H,35,45)(H,36,44)(H,42,43)(H,49,50)/t13-,15+,16+,17+,18+,22+,23+/m1/s1. The number of nitrogens with zero attached hydrogens (tertiary/aromatic N) is 1. The molecule has 1 aliphatic heterocycles. The van der Waals surface area contributed by atoms with Crippen LogP contribution in [0.5, 0.6) is 0 Å². The second-order valence-corrected chi connectivity index (χ2v) is 12.1. The van der Waals surface area contributed by atoms with Crippen molar-refractivity contribution in [2.75, 3.05) is 6.54 Å². The van der Waals surface area contributed by atoms with Crippen LogP contribution in [0, 0.1) is 5.92 Å². The van der Waals surface area contributed by atoms with E-state index in [4.69, 9.17) is 16.6 Å². The molecule has 1 saturated heterocycles. The highest BCUT2D eigenvalue weighted by Gasteiger charge is 2.41. The maximum Gasteiger partial charge on any atom is 0.326 e. The van der Waals surface area contributed by atoms with Gasteiger partial charge in [-0.25, -0.2) is 4.79 Å². The van der Waals surface area contributed by atoms with E-state index in [1.807, 2.05) is 0 Å². The van der Waals surface area contributed by atoms with Crippen molar-refractivity contribution >= 4 is 59.2 Å². The van der Waals surface area contributed by atoms with Crippen LogP contribution in [0.1, 0.15) is 66.2 Å². The zero-order valence-corrected chi connectivity index (χ0v) is 28.1. The Morgan fingerprint density at radius 3 is 1.76 bits per heavy atom. The van der Waals surface area contributed by atoms with Crippen LogP contribution in [0.25, 0.3) is 0 Å². The smallest absolute Gasteiger partial charge is 0.326 e. The van der Waals surface area contributed by atoms with Crippen LogP contribution in [0.3, 0.4) is 0 Å². The first-order valence-electron chi connectivity index (χ1n) is 15.6. The molecule has 1 fully saturated rings. The molecule has 1 aliphatic rings. The zero-order valence-electron chi connectivity index (χ0n) is 28.1. The number of rotatable bonds is 20. The van der Waals surface area contributed by atoms with Crippen LogP contribution in [0.2, 0.25) is 0 Å². The van der Waals surface area contributed by atoms with Crippen LogP contribution >= 0.6 is 0 Å². The summed E-state index contributed by atoms with van der Waals surface area (Å²) in [5.41, 5.74) is 10.4. The molecule has 1 heterocycles. The summed E-state index contributed by atoms with van der Waals surface area (Å²) in [7, 11) is 0. The molecule has 12 N–H and O–H groups in total. The lowest BCUT2D eigenvalue weighted by Gasteiger charge is -2.31. The summed E-state index contributed by atoms with van der Waals surface area (Å²) in [6, 6.07) is -9.17. The molecule has 0 saturated carbocycles. The normalized spacial score (nSPS) is 17.6. The number of nitrogens with two attached hydrogens (primary N) is 2. The number of primary amides is 2. The number of nitrogens with one attached hydrogen (secondary N) is 5. The number of hydrogen-bond donors (Lipinski definition) is 10. The number of hydrogen-bond acceptors (Lipinski definition) is 11. The Morgan fingerprint density at radius 2 is 1.30 bits per heavy atom. The first-order valence-corrected chi connectivity index (χ1v) is 15.6. The molecule has 280 valence electrons. The van der Waals surface area contributed by atoms with E-state index in [0.717, 1.165) is 18.7 Å². The van der Waals surface area contributed by atoms with Crippen LogP contribution < -0.4 is 38.1 Å². The lowest BCUT2D eigenvalue weighted by atomic mass is 10.0. The molecule has 0 spiro atoms. The monoisotopic (exact) mass is 714 g/mol. The summed E-state index contributed by atoms with van der Waals surface area (Å²) in [6.07, 6.45) is -3.47. The Bertz CT molecular complexity index is 1320. The van der Waals surface area contributed by atoms with Crippen molar-refractivity contribution in [1.29, 1.82) is 0 Å². The largest absolute Gasteiger partial charge is 0.481 e. The molecule has 1 rings (SSSR count). The molecule has 0 aromatic carbocycles. The summed E-state index contributed by atoms with van der Waals surface area (Å²) in [6.45, 7) is 5.18. The number of likely N-dealkylation sites (tertiary alicyclic amines) is 1. The van der Waals surface area contributed by atoms with E-state index < -0.39 is 120 Å². The molecule has 0 aromatic rings. The Balaban J connectivity index is 3.19. The number of carboxylic acid groups (broad SMARTS) is 2. The van der Waals surface area contributed by atoms with Crippen LogP contribution in [-0.2, 0) is 47.9 Å². The molecule has 0 aliphatic carbocycles. The molecule has 0 bridgehead atoms. The highest BCUT2D eigenvalue weighted by Crippen LogP contribution is 2.20. The van der Waals surface area contributed by atoms with E-state index in [-0.39, 0.29) is 25.8 Å². The molecule has 0 aromatic heterocycles. The summed E-state index contributed by atoms with van der Waals surface area (Å²) in [4.78, 5) is 124. The predicted octanol–water partition coefficient (Wildman–Crippen LogP) is -4.84. The number of carboxylic acids is 2. The van der Waals surface area contributed by atoms with Crippen molar-refractivity contribution in [3.8, 4) is 0 Å². The third kappa shape index (κ3) is 13.6. The van der Waals surface area contributed by atoms with Gasteiger partial charge in [-0.15, -0.1) is 0 Å². The van der Waals surface area contributed by atoms with Gasteiger partial charge in [-0.3, -0.25) is 43.2 Å². The average molecular weight is 715 g/mol. The second kappa shape index (κ2) is 19.6. The summed E-state index contributed by atoms with van der Waals surface area (Å²) >= 11 is 0. The molecule has 8 amide bonds. The third-order valence-electron chi connectivity index (χ3n) is 7.54. The first-order chi connectivity index (χ1) is 23.2. The van der Waals surface area contributed by atoms with Gasteiger partial charge in [-0.2, -0.15) is 0 Å². The molecule has 0 radical (unpaired) electrons. The number of carbonyl (C=O) groups is 10. The second-order valence-electron chi connectivity index (χ2n) is 12.1. The van der Waals surface area contributed by atoms with E-state index in [1.165, 1.54) is 13.8 Å². The van der Waals surface area contributed by atoms with Gasteiger partial charge in [0.25, 0.3) is 0 Å². The van der Waals surface area contributed by atoms with E-state index in [0.29, 0.717) is 6.42 Å². The van der Waals surface area contributed by atoms with Crippen molar-refractivity contribution in [3.63, 3.8) is 0 Å². The van der Waals surface area contributed by atoms with Gasteiger partial charge >= 0.3 is 11.9 Å². The fourth-order valence-corrected chi connectivity index (χ4v) is 5.03. The van der Waals surface area contributed by atoms with Gasteiger partial charge in [0.05, 0.1) is 18.9 Å². The van der Waals surface area contributed by atoms with Crippen LogP contribution in [0.4, 0.5) is 0 Å². The Kier molecular flexibility index (Phi) is 16.7. The van der Waals surface area contributed by atoms with Gasteiger partial charge in [-0.1, -0.05) is 13.8 Å². The number of carbonyl (C=O) groups excluding carboxylic acids is 8. The first kappa shape index (κ1) is 42.7. The van der Waals surface area contributed by atoms with E-state index in [9.17, 15) is 58.2 Å². The Morgan fingerprint density at radius 1 is 0.740 bits per heavy atom. The molecule has 50 heavy (non-hydrogen) atoms. The highest BCUT2D eigenvalue weighted by molar-refractivity contribution is 5.99. The fourth-order valence-electron chi connectivity index (χ4n) is 5.03. The zero-order chi connectivity index (χ0) is 38.5. The fraction of sp³-hybridized carbons (Fsp3) is 0.655. The van der Waals surface area contributed by atoms with Crippen molar-refractivity contribution in [1.82, 2.24) is 31.5 Å². The van der Waals surface area contributed by atoms with E-state index in [2.05, 4.69) is 26.6 Å². The topological polar surface area (TPSA) is 347 Å². The maximum atomic E-state index is 13.6. The van der Waals surface area contributed by atoms with Crippen molar-refractivity contribution in [2.24, 2.45) is 17.4 Å². The number of aliphatic hydroxyl groups is 1. The molecule has 21 heteroatoms. The van der Waals surface area contributed by atoms with Gasteiger partial charge in [0.2, 0.25) is 47.3 Å². The number of amides is 8. The van der Waals surface area contributed by atoms with Crippen LogP contribution in [-0.4, -0.2) is 128 Å². The van der Waals surface area contributed by atoms with Crippen LogP contribution in [0.15, 0.2) is 0 Å². The van der Waals surface area contributed by atoms with Gasteiger partial charge in [0.15, 0.2) is 0 Å².